The summed E-state index contributed by atoms with van der Waals surface area (Å²) in [6, 6.07) is 11.9. The van der Waals surface area contributed by atoms with Crippen molar-refractivity contribution < 1.29 is 35.9 Å². The van der Waals surface area contributed by atoms with E-state index in [1.807, 2.05) is 0 Å². The van der Waals surface area contributed by atoms with Gasteiger partial charge in [-0.2, -0.15) is 13.2 Å². The van der Waals surface area contributed by atoms with E-state index in [-0.39, 0.29) is 40.5 Å². The van der Waals surface area contributed by atoms with E-state index < -0.39 is 45.6 Å². The topological polar surface area (TPSA) is 131 Å². The van der Waals surface area contributed by atoms with Crippen LogP contribution in [0.5, 0.6) is 0 Å². The lowest BCUT2D eigenvalue weighted by molar-refractivity contribution is -0.211. The second-order valence-electron chi connectivity index (χ2n) is 12.2. The van der Waals surface area contributed by atoms with Crippen LogP contribution in [0.4, 0.5) is 19.0 Å². The van der Waals surface area contributed by atoms with Crippen LogP contribution >= 0.6 is 11.6 Å². The lowest BCUT2D eigenvalue weighted by Crippen LogP contribution is -2.56. The van der Waals surface area contributed by atoms with E-state index in [9.17, 15) is 31.2 Å². The molecule has 2 heterocycles. The third-order valence-corrected chi connectivity index (χ3v) is 10.5. The molecule has 1 aromatic heterocycles. The summed E-state index contributed by atoms with van der Waals surface area (Å²) in [5.41, 5.74) is -2.08. The van der Waals surface area contributed by atoms with Gasteiger partial charge in [0.25, 0.3) is 11.6 Å². The van der Waals surface area contributed by atoms with Crippen molar-refractivity contribution in [3.63, 3.8) is 0 Å². The molecule has 0 spiro atoms. The van der Waals surface area contributed by atoms with Crippen LogP contribution in [0.3, 0.4) is 0 Å². The Morgan fingerprint density at radius 2 is 1.89 bits per heavy atom. The number of benzene rings is 2. The number of hydrogen-bond donors (Lipinski definition) is 2. The number of nitrogens with one attached hydrogen (secondary N) is 2. The van der Waals surface area contributed by atoms with Crippen LogP contribution in [-0.2, 0) is 24.2 Å². The molecule has 2 aliphatic rings. The van der Waals surface area contributed by atoms with Gasteiger partial charge in [0.05, 0.1) is 16.2 Å². The number of carbonyl (C=O) groups excluding carboxylic acids is 2. The maximum atomic E-state index is 14.3. The highest BCUT2D eigenvalue weighted by atomic mass is 35.5. The first-order chi connectivity index (χ1) is 21.7. The summed E-state index contributed by atoms with van der Waals surface area (Å²) in [6.45, 7) is 4.75. The molecule has 2 fully saturated rings. The molecule has 4 atom stereocenters. The Labute approximate surface area is 270 Å². The molecule has 15 heteroatoms. The van der Waals surface area contributed by atoms with E-state index in [0.29, 0.717) is 42.6 Å². The maximum absolute atomic E-state index is 14.3. The van der Waals surface area contributed by atoms with E-state index in [4.69, 9.17) is 16.3 Å². The normalized spacial score (nSPS) is 24.0. The van der Waals surface area contributed by atoms with Gasteiger partial charge in [-0.25, -0.2) is 23.2 Å². The Balaban J connectivity index is 1.49. The van der Waals surface area contributed by atoms with Crippen LogP contribution in [0.2, 0.25) is 5.02 Å². The number of likely N-dealkylation sites (tertiary alicyclic amines) is 1. The Hall–Kier alpha value is -3.49. The monoisotopic (exact) mass is 681 g/mol. The lowest BCUT2D eigenvalue weighted by Gasteiger charge is -2.42. The summed E-state index contributed by atoms with van der Waals surface area (Å²) in [5.74, 6) is -3.99. The molecule has 1 aliphatic carbocycles. The number of fused-ring (bicyclic) bond motifs is 1. The summed E-state index contributed by atoms with van der Waals surface area (Å²) in [5, 5.41) is 6.77. The molecule has 248 valence electrons. The fraction of sp³-hybridized carbons (Fsp3) is 0.484. The number of ether oxygens (including phenoxy) is 1. The molecule has 2 aromatic carbocycles. The van der Waals surface area contributed by atoms with E-state index in [1.165, 1.54) is 23.1 Å². The number of rotatable bonds is 10. The van der Waals surface area contributed by atoms with Crippen LogP contribution in [0, 0.1) is 11.8 Å². The quantitative estimate of drug-likeness (QED) is 0.225. The molecule has 1 aliphatic heterocycles. The number of amides is 1. The van der Waals surface area contributed by atoms with Gasteiger partial charge in [0, 0.05) is 35.5 Å². The number of carbonyl (C=O) groups is 2. The fourth-order valence-electron chi connectivity index (χ4n) is 6.24. The van der Waals surface area contributed by atoms with Gasteiger partial charge < -0.3 is 20.3 Å². The van der Waals surface area contributed by atoms with Crippen LogP contribution in [0.25, 0.3) is 10.9 Å². The summed E-state index contributed by atoms with van der Waals surface area (Å²) in [6.07, 6.45) is -3.14. The van der Waals surface area contributed by atoms with E-state index >= 15 is 0 Å². The maximum Gasteiger partial charge on any atom is 0.491 e. The SMILES string of the molecule is CC(C)CN[C@@H]1CC[C@H](N2CC[C@](Nc3ncnc4ccc(Cl)cc34)(OC(=O)C(F)(F)F)C2=O)[C@H](CS(=O)(=O)c2ccccc2)C1. The highest BCUT2D eigenvalue weighted by Crippen LogP contribution is 2.39. The predicted molar refractivity (Wildman–Crippen MR) is 166 cm³/mol. The van der Waals surface area contributed by atoms with E-state index in [1.54, 1.807) is 30.3 Å². The Bertz CT molecular complexity index is 1690. The van der Waals surface area contributed by atoms with Gasteiger partial charge in [0.15, 0.2) is 9.84 Å². The smallest absolute Gasteiger partial charge is 0.423 e. The fourth-order valence-corrected chi connectivity index (χ4v) is 8.10. The number of anilines is 1. The number of sulfone groups is 1. The number of alkyl halides is 3. The number of nitrogens with zero attached hydrogens (tertiary/aromatic N) is 3. The Morgan fingerprint density at radius 1 is 1.15 bits per heavy atom. The third-order valence-electron chi connectivity index (χ3n) is 8.42. The average Bonchev–Trinajstić information content (AvgIpc) is 3.31. The molecule has 0 bridgehead atoms. The average molecular weight is 682 g/mol. The van der Waals surface area contributed by atoms with E-state index in [2.05, 4.69) is 34.4 Å². The molecule has 3 aromatic rings. The molecular formula is C31H35ClF3N5O5S. The van der Waals surface area contributed by atoms with E-state index in [0.717, 1.165) is 6.33 Å². The van der Waals surface area contributed by atoms with Crippen LogP contribution < -0.4 is 10.6 Å². The summed E-state index contributed by atoms with van der Waals surface area (Å²) >= 11 is 6.16. The van der Waals surface area contributed by atoms with Crippen LogP contribution in [-0.4, -0.2) is 78.0 Å². The largest absolute Gasteiger partial charge is 0.491 e. The minimum atomic E-state index is -5.38. The van der Waals surface area contributed by atoms with Crippen LogP contribution in [0.1, 0.15) is 39.5 Å². The van der Waals surface area contributed by atoms with Crippen molar-refractivity contribution in [2.24, 2.45) is 11.8 Å². The van der Waals surface area contributed by atoms with Crippen LogP contribution in [0.15, 0.2) is 59.8 Å². The summed E-state index contributed by atoms with van der Waals surface area (Å²) in [7, 11) is -3.78. The lowest BCUT2D eigenvalue weighted by atomic mass is 9.81. The summed E-state index contributed by atoms with van der Waals surface area (Å²) in [4.78, 5) is 36.3. The zero-order valence-corrected chi connectivity index (χ0v) is 26.8. The Kier molecular flexibility index (Phi) is 9.81. The van der Waals surface area contributed by atoms with Gasteiger partial charge >= 0.3 is 12.1 Å². The van der Waals surface area contributed by atoms with Gasteiger partial charge in [0.2, 0.25) is 0 Å². The highest BCUT2D eigenvalue weighted by molar-refractivity contribution is 7.91. The first-order valence-corrected chi connectivity index (χ1v) is 17.0. The van der Waals surface area contributed by atoms with Gasteiger partial charge in [-0.3, -0.25) is 4.79 Å². The number of hydrogen-bond acceptors (Lipinski definition) is 9. The molecule has 1 saturated heterocycles. The zero-order valence-electron chi connectivity index (χ0n) is 25.3. The molecule has 1 saturated carbocycles. The molecule has 1 amide bonds. The van der Waals surface area contributed by atoms with Crippen molar-refractivity contribution in [2.75, 3.05) is 24.2 Å². The van der Waals surface area contributed by atoms with Crippen molar-refractivity contribution in [1.29, 1.82) is 0 Å². The molecule has 5 rings (SSSR count). The second kappa shape index (κ2) is 13.3. The second-order valence-corrected chi connectivity index (χ2v) is 14.7. The minimum Gasteiger partial charge on any atom is -0.423 e. The predicted octanol–water partition coefficient (Wildman–Crippen LogP) is 4.99. The molecule has 0 unspecified atom stereocenters. The minimum absolute atomic E-state index is 0.0181. The van der Waals surface area contributed by atoms with Crippen molar-refractivity contribution in [3.05, 3.63) is 59.9 Å². The first kappa shape index (κ1) is 33.9. The van der Waals surface area contributed by atoms with Crippen molar-refractivity contribution >= 4 is 50.0 Å². The highest BCUT2D eigenvalue weighted by Gasteiger charge is 2.57. The number of halogens is 4. The number of aromatic nitrogens is 2. The van der Waals surface area contributed by atoms with Crippen molar-refractivity contribution in [1.82, 2.24) is 20.2 Å². The molecule has 10 nitrogen and oxygen atoms in total. The van der Waals surface area contributed by atoms with Gasteiger partial charge in [0.1, 0.15) is 12.1 Å². The molecule has 46 heavy (non-hydrogen) atoms. The first-order valence-electron chi connectivity index (χ1n) is 15.0. The number of esters is 1. The molecule has 0 radical (unpaired) electrons. The Morgan fingerprint density at radius 3 is 2.59 bits per heavy atom. The van der Waals surface area contributed by atoms with Gasteiger partial charge in [-0.1, -0.05) is 43.6 Å². The standard InChI is InChI=1S/C31H35ClF3N5O5S/c1-19(2)16-36-22-9-11-26(20(14-22)17-46(43,44)23-6-4-3-5-7-23)40-13-12-30(28(40)41,45-29(42)31(33,34)35)39-27-24-15-21(32)8-10-25(24)37-18-38-27/h3-8,10,15,18-20,22,26,36H,9,11-14,16-17H2,1-2H3,(H,37,38,39)/t20-,22+,26-,30-/m0/s1. The molecular weight excluding hydrogens is 647 g/mol. The van der Waals surface area contributed by atoms with Crippen molar-refractivity contribution in [2.45, 2.75) is 68.4 Å². The summed E-state index contributed by atoms with van der Waals surface area (Å²) < 4.78 is 72.7. The zero-order chi connectivity index (χ0) is 33.3. The van der Waals surface area contributed by atoms with Crippen molar-refractivity contribution in [3.8, 4) is 0 Å². The third kappa shape index (κ3) is 7.39. The van der Waals surface area contributed by atoms with Gasteiger partial charge in [-0.15, -0.1) is 0 Å². The molecule has 2 N–H and O–H groups in total. The van der Waals surface area contributed by atoms with Gasteiger partial charge in [-0.05, 0) is 68.0 Å².